The molecule has 0 aliphatic rings. The van der Waals surface area contributed by atoms with E-state index < -0.39 is 10.1 Å². The number of hydrogen-bond donors (Lipinski definition) is 4. The number of nitrogens with one attached hydrogen (secondary N) is 2. The minimum absolute atomic E-state index is 0.0102. The fraction of sp³-hybridized carbons (Fsp3) is 0.0952. The molecule has 3 aromatic carbocycles. The number of halogens is 1. The van der Waals surface area contributed by atoms with Gasteiger partial charge in [0, 0.05) is 16.8 Å². The lowest BCUT2D eigenvalue weighted by atomic mass is 10.1. The molecule has 0 radical (unpaired) electrons. The van der Waals surface area contributed by atoms with E-state index in [2.05, 4.69) is 25.6 Å². The molecule has 0 unspecified atom stereocenters. The minimum Gasteiger partial charge on any atom is -0.398 e. The fourth-order valence-corrected chi connectivity index (χ4v) is 4.25. The van der Waals surface area contributed by atoms with Crippen LogP contribution in [0.1, 0.15) is 11.1 Å². The molecular weight excluding hydrogens is 452 g/mol. The summed E-state index contributed by atoms with van der Waals surface area (Å²) in [5.41, 5.74) is 9.15. The lowest BCUT2D eigenvalue weighted by Gasteiger charge is -2.13. The van der Waals surface area contributed by atoms with Crippen LogP contribution in [-0.2, 0) is 10.1 Å². The molecule has 1 heterocycles. The van der Waals surface area contributed by atoms with Gasteiger partial charge in [-0.15, -0.1) is 0 Å². The first kappa shape index (κ1) is 21.8. The average Bonchev–Trinajstić information content (AvgIpc) is 2.69. The number of aromatic nitrogens is 3. The van der Waals surface area contributed by atoms with Crippen LogP contribution in [0.2, 0.25) is 5.28 Å². The van der Waals surface area contributed by atoms with Crippen LogP contribution in [0, 0.1) is 13.8 Å². The van der Waals surface area contributed by atoms with Crippen LogP contribution in [0.5, 0.6) is 0 Å². The predicted molar refractivity (Wildman–Crippen MR) is 125 cm³/mol. The fourth-order valence-electron chi connectivity index (χ4n) is 3.23. The number of nitrogen functional groups attached to an aromatic ring is 1. The van der Waals surface area contributed by atoms with Crippen LogP contribution in [0.15, 0.2) is 53.4 Å². The molecule has 0 saturated carbocycles. The Bertz CT molecular complexity index is 1460. The lowest BCUT2D eigenvalue weighted by molar-refractivity contribution is 0.484. The first-order valence-electron chi connectivity index (χ1n) is 9.43. The zero-order chi connectivity index (χ0) is 23.0. The van der Waals surface area contributed by atoms with Crippen LogP contribution in [0.4, 0.5) is 29.0 Å². The standard InChI is InChI=1S/C21H19ClN6O3S/c1-11-3-7-15-13(9-11)5-8-17(18(15)32(29,30)31)25-21-27-19(22)26-20(28-21)24-14-6-4-12(2)16(23)10-14/h3-10H,23H2,1-2H3,(H,29,30,31)(H2,24,25,26,27,28). The van der Waals surface area contributed by atoms with Crippen molar-refractivity contribution in [2.75, 3.05) is 16.4 Å². The highest BCUT2D eigenvalue weighted by atomic mass is 35.5. The third kappa shape index (κ3) is 4.57. The number of anilines is 5. The van der Waals surface area contributed by atoms with E-state index in [1.54, 1.807) is 30.3 Å². The molecule has 0 bridgehead atoms. The molecule has 0 aliphatic heterocycles. The number of fused-ring (bicyclic) bond motifs is 1. The van der Waals surface area contributed by atoms with Crippen molar-refractivity contribution in [3.8, 4) is 0 Å². The summed E-state index contributed by atoms with van der Waals surface area (Å²) in [5.74, 6) is 0.115. The van der Waals surface area contributed by atoms with E-state index in [0.717, 1.165) is 11.1 Å². The SMILES string of the molecule is Cc1ccc2c(S(=O)(=O)O)c(Nc3nc(Cl)nc(Nc4ccc(C)c(N)c4)n3)ccc2c1. The van der Waals surface area contributed by atoms with Crippen LogP contribution in [0.3, 0.4) is 0 Å². The van der Waals surface area contributed by atoms with Crippen LogP contribution >= 0.6 is 11.6 Å². The summed E-state index contributed by atoms with van der Waals surface area (Å²) in [6.45, 7) is 3.78. The molecule has 0 spiro atoms. The Balaban J connectivity index is 1.74. The van der Waals surface area contributed by atoms with Gasteiger partial charge in [-0.05, 0) is 54.6 Å². The van der Waals surface area contributed by atoms with Crippen molar-refractivity contribution in [1.82, 2.24) is 15.0 Å². The van der Waals surface area contributed by atoms with E-state index in [1.165, 1.54) is 6.07 Å². The maximum atomic E-state index is 12.2. The Morgan fingerprint density at radius 3 is 2.34 bits per heavy atom. The van der Waals surface area contributed by atoms with Gasteiger partial charge >= 0.3 is 0 Å². The van der Waals surface area contributed by atoms with Gasteiger partial charge in [0.25, 0.3) is 10.1 Å². The van der Waals surface area contributed by atoms with Crippen LogP contribution in [0.25, 0.3) is 10.8 Å². The van der Waals surface area contributed by atoms with Gasteiger partial charge < -0.3 is 16.4 Å². The number of nitrogens with two attached hydrogens (primary N) is 1. The van der Waals surface area contributed by atoms with Gasteiger partial charge in [0.1, 0.15) is 4.90 Å². The molecule has 4 rings (SSSR count). The molecule has 0 aliphatic carbocycles. The van der Waals surface area contributed by atoms with Crippen molar-refractivity contribution in [2.24, 2.45) is 0 Å². The number of hydrogen-bond acceptors (Lipinski definition) is 8. The molecule has 0 fully saturated rings. The Morgan fingerprint density at radius 1 is 0.938 bits per heavy atom. The van der Waals surface area contributed by atoms with Crippen molar-refractivity contribution >= 4 is 61.5 Å². The van der Waals surface area contributed by atoms with Crippen molar-refractivity contribution in [3.63, 3.8) is 0 Å². The van der Waals surface area contributed by atoms with Gasteiger partial charge in [0.2, 0.25) is 17.2 Å². The third-order valence-corrected chi connectivity index (χ3v) is 5.90. The van der Waals surface area contributed by atoms with Crippen LogP contribution in [-0.4, -0.2) is 27.9 Å². The molecule has 4 aromatic rings. The summed E-state index contributed by atoms with van der Waals surface area (Å²) in [6.07, 6.45) is 0. The second-order valence-corrected chi connectivity index (χ2v) is 8.91. The molecule has 164 valence electrons. The smallest absolute Gasteiger partial charge is 0.297 e. The number of nitrogens with zero attached hydrogens (tertiary/aromatic N) is 3. The van der Waals surface area contributed by atoms with E-state index >= 15 is 0 Å². The lowest BCUT2D eigenvalue weighted by Crippen LogP contribution is -2.08. The van der Waals surface area contributed by atoms with Crippen molar-refractivity contribution in [3.05, 3.63) is 64.9 Å². The highest BCUT2D eigenvalue weighted by molar-refractivity contribution is 7.86. The molecule has 1 aromatic heterocycles. The maximum absolute atomic E-state index is 12.2. The highest BCUT2D eigenvalue weighted by Gasteiger charge is 2.21. The molecule has 5 N–H and O–H groups in total. The van der Waals surface area contributed by atoms with Gasteiger partial charge in [0.05, 0.1) is 5.69 Å². The van der Waals surface area contributed by atoms with Crippen molar-refractivity contribution < 1.29 is 13.0 Å². The summed E-state index contributed by atoms with van der Waals surface area (Å²) in [4.78, 5) is 12.0. The first-order chi connectivity index (χ1) is 15.1. The summed E-state index contributed by atoms with van der Waals surface area (Å²) in [6, 6.07) is 13.8. The summed E-state index contributed by atoms with van der Waals surface area (Å²) in [5, 5.41) is 6.71. The zero-order valence-corrected chi connectivity index (χ0v) is 18.7. The molecule has 0 amide bonds. The monoisotopic (exact) mass is 470 g/mol. The van der Waals surface area contributed by atoms with Crippen LogP contribution < -0.4 is 16.4 Å². The number of aryl methyl sites for hydroxylation is 2. The topological polar surface area (TPSA) is 143 Å². The average molecular weight is 471 g/mol. The van der Waals surface area contributed by atoms with Gasteiger partial charge in [-0.1, -0.05) is 35.9 Å². The normalized spacial score (nSPS) is 11.5. The van der Waals surface area contributed by atoms with Gasteiger partial charge in [0.15, 0.2) is 0 Å². The van der Waals surface area contributed by atoms with E-state index in [-0.39, 0.29) is 27.8 Å². The van der Waals surface area contributed by atoms with E-state index in [1.807, 2.05) is 26.0 Å². The largest absolute Gasteiger partial charge is 0.398 e. The first-order valence-corrected chi connectivity index (χ1v) is 11.2. The van der Waals surface area contributed by atoms with Crippen molar-refractivity contribution in [1.29, 1.82) is 0 Å². The van der Waals surface area contributed by atoms with Gasteiger partial charge in [-0.25, -0.2) is 0 Å². The van der Waals surface area contributed by atoms with Gasteiger partial charge in [-0.2, -0.15) is 23.4 Å². The minimum atomic E-state index is -4.57. The summed E-state index contributed by atoms with van der Waals surface area (Å²) >= 11 is 6.05. The summed E-state index contributed by atoms with van der Waals surface area (Å²) < 4.78 is 34.3. The Hall–Kier alpha value is -3.47. The zero-order valence-electron chi connectivity index (χ0n) is 17.1. The third-order valence-electron chi connectivity index (χ3n) is 4.77. The second kappa shape index (κ2) is 8.23. The Kier molecular flexibility index (Phi) is 5.59. The molecule has 32 heavy (non-hydrogen) atoms. The van der Waals surface area contributed by atoms with Crippen molar-refractivity contribution in [2.45, 2.75) is 18.7 Å². The highest BCUT2D eigenvalue weighted by Crippen LogP contribution is 2.32. The van der Waals surface area contributed by atoms with E-state index in [4.69, 9.17) is 17.3 Å². The molecule has 9 nitrogen and oxygen atoms in total. The predicted octanol–water partition coefficient (Wildman–Crippen LogP) is 4.61. The Morgan fingerprint density at radius 2 is 1.66 bits per heavy atom. The van der Waals surface area contributed by atoms with E-state index in [9.17, 15) is 13.0 Å². The van der Waals surface area contributed by atoms with Gasteiger partial charge in [-0.3, -0.25) is 4.55 Å². The van der Waals surface area contributed by atoms with E-state index in [0.29, 0.717) is 22.1 Å². The molecule has 0 saturated heterocycles. The maximum Gasteiger partial charge on any atom is 0.297 e. The second-order valence-electron chi connectivity index (χ2n) is 7.21. The summed E-state index contributed by atoms with van der Waals surface area (Å²) in [7, 11) is -4.57. The number of rotatable bonds is 5. The molecule has 11 heteroatoms. The Labute approximate surface area is 189 Å². The molecular formula is C21H19ClN6O3S. The molecule has 0 atom stereocenters. The number of benzene rings is 3. The quantitative estimate of drug-likeness (QED) is 0.242.